The fourth-order valence-electron chi connectivity index (χ4n) is 3.75. The van der Waals surface area contributed by atoms with Crippen molar-refractivity contribution in [2.75, 3.05) is 0 Å². The van der Waals surface area contributed by atoms with E-state index in [2.05, 4.69) is 20.6 Å². The summed E-state index contributed by atoms with van der Waals surface area (Å²) in [6.07, 6.45) is 7.68. The maximum absolute atomic E-state index is 13.1. The molecular formula is C21H20N6OS. The van der Waals surface area contributed by atoms with Gasteiger partial charge in [-0.05, 0) is 24.6 Å². The van der Waals surface area contributed by atoms with Crippen molar-refractivity contribution in [2.45, 2.75) is 26.6 Å². The number of thiazole rings is 1. The molecule has 29 heavy (non-hydrogen) atoms. The largest absolute Gasteiger partial charge is 0.352 e. The van der Waals surface area contributed by atoms with E-state index in [1.807, 2.05) is 59.7 Å². The van der Waals surface area contributed by atoms with Gasteiger partial charge in [0.2, 0.25) is 0 Å². The lowest BCUT2D eigenvalue weighted by Gasteiger charge is -2.20. The average molecular weight is 404 g/mol. The van der Waals surface area contributed by atoms with Gasteiger partial charge >= 0.3 is 0 Å². The van der Waals surface area contributed by atoms with E-state index in [1.165, 1.54) is 11.3 Å². The van der Waals surface area contributed by atoms with Gasteiger partial charge in [-0.3, -0.25) is 14.5 Å². The number of pyridine rings is 1. The van der Waals surface area contributed by atoms with Crippen LogP contribution in [-0.2, 0) is 26.7 Å². The minimum absolute atomic E-state index is 0.0469. The molecule has 0 atom stereocenters. The highest BCUT2D eigenvalue weighted by atomic mass is 32.1. The van der Waals surface area contributed by atoms with Crippen LogP contribution in [0.15, 0.2) is 48.4 Å². The van der Waals surface area contributed by atoms with E-state index in [0.717, 1.165) is 33.1 Å². The molecule has 0 aliphatic carbocycles. The summed E-state index contributed by atoms with van der Waals surface area (Å²) in [4.78, 5) is 23.6. The molecule has 0 bridgehead atoms. The van der Waals surface area contributed by atoms with E-state index >= 15 is 0 Å². The van der Waals surface area contributed by atoms with Crippen LogP contribution in [0.1, 0.15) is 32.3 Å². The van der Waals surface area contributed by atoms with Gasteiger partial charge in [-0.25, -0.2) is 4.98 Å². The Kier molecular flexibility index (Phi) is 4.28. The van der Waals surface area contributed by atoms with Gasteiger partial charge in [0.1, 0.15) is 5.69 Å². The molecule has 4 aromatic heterocycles. The van der Waals surface area contributed by atoms with Crippen LogP contribution < -0.4 is 0 Å². The Morgan fingerprint density at radius 3 is 2.93 bits per heavy atom. The molecule has 146 valence electrons. The molecule has 0 radical (unpaired) electrons. The van der Waals surface area contributed by atoms with Crippen molar-refractivity contribution in [3.05, 3.63) is 75.9 Å². The first kappa shape index (κ1) is 17.8. The molecule has 1 aliphatic rings. The van der Waals surface area contributed by atoms with Gasteiger partial charge in [0, 0.05) is 54.0 Å². The smallest absolute Gasteiger partial charge is 0.273 e. The van der Waals surface area contributed by atoms with Crippen molar-refractivity contribution in [3.63, 3.8) is 0 Å². The number of aromatic nitrogens is 5. The van der Waals surface area contributed by atoms with E-state index in [1.54, 1.807) is 6.20 Å². The summed E-state index contributed by atoms with van der Waals surface area (Å²) in [5.41, 5.74) is 5.74. The number of nitrogens with zero attached hydrogens (tertiary/aromatic N) is 6. The van der Waals surface area contributed by atoms with Gasteiger partial charge in [0.15, 0.2) is 0 Å². The average Bonchev–Trinajstić information content (AvgIpc) is 3.39. The van der Waals surface area contributed by atoms with Gasteiger partial charge in [-0.15, -0.1) is 11.3 Å². The number of carbonyl (C=O) groups is 1. The highest BCUT2D eigenvalue weighted by Crippen LogP contribution is 2.33. The Bertz CT molecular complexity index is 1190. The first-order valence-corrected chi connectivity index (χ1v) is 10.3. The summed E-state index contributed by atoms with van der Waals surface area (Å²) >= 11 is 1.50. The second-order valence-corrected chi connectivity index (χ2v) is 8.32. The molecule has 0 aromatic carbocycles. The molecule has 0 unspecified atom stereocenters. The summed E-state index contributed by atoms with van der Waals surface area (Å²) < 4.78 is 4.00. The standard InChI is InChI=1S/C21H20N6OS/c1-14-23-18(13-29-14)21(28)26-10-16-11-27(9-15-4-3-6-22-8-15)24-20(16)17-5-7-25(2)19(17)12-26/h3-8,11,13H,9-10,12H2,1-2H3. The van der Waals surface area contributed by atoms with Crippen LogP contribution in [-0.4, -0.2) is 35.1 Å². The van der Waals surface area contributed by atoms with Crippen molar-refractivity contribution in [1.82, 2.24) is 29.2 Å². The third-order valence-electron chi connectivity index (χ3n) is 5.19. The van der Waals surface area contributed by atoms with Gasteiger partial charge in [-0.2, -0.15) is 5.10 Å². The lowest BCUT2D eigenvalue weighted by molar-refractivity contribution is 0.0723. The van der Waals surface area contributed by atoms with Gasteiger partial charge in [0.05, 0.1) is 30.3 Å². The van der Waals surface area contributed by atoms with Crippen LogP contribution >= 0.6 is 11.3 Å². The molecule has 0 fully saturated rings. The monoisotopic (exact) mass is 404 g/mol. The van der Waals surface area contributed by atoms with Crippen LogP contribution in [0.5, 0.6) is 0 Å². The number of fused-ring (bicyclic) bond motifs is 3. The molecule has 5 rings (SSSR count). The van der Waals surface area contributed by atoms with E-state index in [0.29, 0.717) is 25.3 Å². The van der Waals surface area contributed by atoms with Crippen LogP contribution in [0.25, 0.3) is 11.3 Å². The molecule has 1 amide bonds. The second-order valence-electron chi connectivity index (χ2n) is 7.26. The van der Waals surface area contributed by atoms with Crippen molar-refractivity contribution >= 4 is 17.2 Å². The van der Waals surface area contributed by atoms with Crippen LogP contribution in [0.4, 0.5) is 0 Å². The number of carbonyl (C=O) groups excluding carboxylic acids is 1. The lowest BCUT2D eigenvalue weighted by Crippen LogP contribution is -2.30. The summed E-state index contributed by atoms with van der Waals surface area (Å²) in [6.45, 7) is 3.60. The Hall–Kier alpha value is -3.26. The van der Waals surface area contributed by atoms with Gasteiger partial charge < -0.3 is 9.47 Å². The molecule has 5 heterocycles. The molecule has 7 nitrogen and oxygen atoms in total. The van der Waals surface area contributed by atoms with E-state index < -0.39 is 0 Å². The Morgan fingerprint density at radius 2 is 2.17 bits per heavy atom. The van der Waals surface area contributed by atoms with E-state index in [-0.39, 0.29) is 5.91 Å². The maximum Gasteiger partial charge on any atom is 0.273 e. The summed E-state index contributed by atoms with van der Waals surface area (Å²) in [5.74, 6) is -0.0469. The predicted octanol–water partition coefficient (Wildman–Crippen LogP) is 3.25. The van der Waals surface area contributed by atoms with Crippen molar-refractivity contribution in [3.8, 4) is 11.3 Å². The summed E-state index contributed by atoms with van der Waals surface area (Å²) in [7, 11) is 2.01. The highest BCUT2D eigenvalue weighted by molar-refractivity contribution is 7.09. The fourth-order valence-corrected chi connectivity index (χ4v) is 4.34. The molecule has 0 saturated heterocycles. The number of hydrogen-bond donors (Lipinski definition) is 0. The Balaban J connectivity index is 1.54. The van der Waals surface area contributed by atoms with E-state index in [9.17, 15) is 4.79 Å². The molecule has 8 heteroatoms. The molecule has 1 aliphatic heterocycles. The first-order chi connectivity index (χ1) is 14.1. The molecule has 0 saturated carbocycles. The van der Waals surface area contributed by atoms with Gasteiger partial charge in [0.25, 0.3) is 5.91 Å². The summed E-state index contributed by atoms with van der Waals surface area (Å²) in [6, 6.07) is 6.04. The zero-order valence-corrected chi connectivity index (χ0v) is 17.1. The SMILES string of the molecule is Cc1nc(C(=O)N2Cc3cn(Cc4cccnc4)nc3-c3ccn(C)c3C2)cs1. The predicted molar refractivity (Wildman–Crippen MR) is 110 cm³/mol. The lowest BCUT2D eigenvalue weighted by atomic mass is 10.1. The van der Waals surface area contributed by atoms with Gasteiger partial charge in [-0.1, -0.05) is 6.07 Å². The quantitative estimate of drug-likeness (QED) is 0.526. The van der Waals surface area contributed by atoms with Crippen molar-refractivity contribution < 1.29 is 4.79 Å². The van der Waals surface area contributed by atoms with Crippen LogP contribution in [0.3, 0.4) is 0 Å². The number of amides is 1. The number of aryl methyl sites for hydroxylation is 2. The zero-order chi connectivity index (χ0) is 20.0. The minimum atomic E-state index is -0.0469. The van der Waals surface area contributed by atoms with Crippen LogP contribution in [0, 0.1) is 6.92 Å². The normalized spacial score (nSPS) is 13.1. The molecule has 0 N–H and O–H groups in total. The zero-order valence-electron chi connectivity index (χ0n) is 16.2. The number of hydrogen-bond acceptors (Lipinski definition) is 5. The minimum Gasteiger partial charge on any atom is -0.352 e. The highest BCUT2D eigenvalue weighted by Gasteiger charge is 2.28. The maximum atomic E-state index is 13.1. The summed E-state index contributed by atoms with van der Waals surface area (Å²) in [5, 5.41) is 7.59. The second kappa shape index (κ2) is 6.97. The number of rotatable bonds is 3. The van der Waals surface area contributed by atoms with Crippen LogP contribution in [0.2, 0.25) is 0 Å². The first-order valence-electron chi connectivity index (χ1n) is 9.39. The third kappa shape index (κ3) is 3.25. The topological polar surface area (TPSA) is 68.8 Å². The Labute approximate surface area is 172 Å². The molecular weight excluding hydrogens is 384 g/mol. The van der Waals surface area contributed by atoms with Crippen molar-refractivity contribution in [2.24, 2.45) is 7.05 Å². The molecule has 0 spiro atoms. The third-order valence-corrected chi connectivity index (χ3v) is 5.96. The van der Waals surface area contributed by atoms with E-state index in [4.69, 9.17) is 5.10 Å². The molecule has 4 aromatic rings. The van der Waals surface area contributed by atoms with Crippen molar-refractivity contribution in [1.29, 1.82) is 0 Å². The fraction of sp³-hybridized carbons (Fsp3) is 0.238. The Morgan fingerprint density at radius 1 is 1.28 bits per heavy atom.